The summed E-state index contributed by atoms with van der Waals surface area (Å²) in [5.41, 5.74) is 1.84. The molecule has 4 nitrogen and oxygen atoms in total. The number of hydrogen-bond donors (Lipinski definition) is 1. The minimum absolute atomic E-state index is 0.267. The lowest BCUT2D eigenvalue weighted by molar-refractivity contribution is -0.142. The Kier molecular flexibility index (Phi) is 4.53. The van der Waals surface area contributed by atoms with Gasteiger partial charge in [-0.25, -0.2) is 4.79 Å². The van der Waals surface area contributed by atoms with Crippen LogP contribution in [0.5, 0.6) is 0 Å². The summed E-state index contributed by atoms with van der Waals surface area (Å²) in [5.74, 6) is -0.729. The van der Waals surface area contributed by atoms with Gasteiger partial charge < -0.3 is 10.1 Å². The summed E-state index contributed by atoms with van der Waals surface area (Å²) in [6.07, 6.45) is 0. The Morgan fingerprint density at radius 2 is 1.90 bits per heavy atom. The fraction of sp³-hybridized carbons (Fsp3) is 0.200. The largest absolute Gasteiger partial charge is 0.467 e. The molecule has 0 aliphatic heterocycles. The Morgan fingerprint density at radius 3 is 2.55 bits per heavy atom. The number of rotatable bonds is 4. The van der Waals surface area contributed by atoms with E-state index in [1.165, 1.54) is 18.4 Å². The Balaban J connectivity index is 2.20. The first kappa shape index (κ1) is 14.3. The zero-order valence-corrected chi connectivity index (χ0v) is 12.1. The second kappa shape index (κ2) is 6.34. The fourth-order valence-electron chi connectivity index (χ4n) is 1.83. The topological polar surface area (TPSA) is 55.4 Å². The van der Waals surface area contributed by atoms with E-state index in [4.69, 9.17) is 0 Å². The number of amides is 1. The molecule has 1 amide bonds. The van der Waals surface area contributed by atoms with Crippen LogP contribution in [0.25, 0.3) is 11.1 Å². The molecule has 1 aromatic carbocycles. The second-order valence-electron chi connectivity index (χ2n) is 4.25. The van der Waals surface area contributed by atoms with Crippen molar-refractivity contribution in [3.63, 3.8) is 0 Å². The molecule has 0 radical (unpaired) electrons. The molecule has 1 unspecified atom stereocenters. The number of methoxy groups -OCH3 is 1. The molecule has 1 heterocycles. The first-order chi connectivity index (χ1) is 9.63. The van der Waals surface area contributed by atoms with E-state index < -0.39 is 12.0 Å². The minimum atomic E-state index is -0.668. The normalized spacial score (nSPS) is 11.7. The van der Waals surface area contributed by atoms with E-state index in [0.717, 1.165) is 11.1 Å². The predicted octanol–water partition coefficient (Wildman–Crippen LogP) is 2.71. The molecule has 1 N–H and O–H groups in total. The van der Waals surface area contributed by atoms with Crippen LogP contribution in [0, 0.1) is 0 Å². The third-order valence-corrected chi connectivity index (χ3v) is 3.77. The molecule has 0 aliphatic rings. The van der Waals surface area contributed by atoms with Gasteiger partial charge in [0.05, 0.1) is 12.0 Å². The third-order valence-electron chi connectivity index (χ3n) is 2.86. The van der Waals surface area contributed by atoms with E-state index in [2.05, 4.69) is 10.1 Å². The molecule has 2 rings (SSSR count). The Hall–Kier alpha value is -2.14. The molecule has 1 aromatic heterocycles. The number of hydrogen-bond acceptors (Lipinski definition) is 4. The van der Waals surface area contributed by atoms with Crippen LogP contribution in [0.2, 0.25) is 0 Å². The van der Waals surface area contributed by atoms with Crippen molar-refractivity contribution in [2.24, 2.45) is 0 Å². The van der Waals surface area contributed by atoms with Crippen molar-refractivity contribution in [1.82, 2.24) is 5.32 Å². The number of thiophene rings is 1. The van der Waals surface area contributed by atoms with Crippen LogP contribution < -0.4 is 5.32 Å². The molecule has 0 aliphatic carbocycles. The van der Waals surface area contributed by atoms with Crippen molar-refractivity contribution in [3.8, 4) is 11.1 Å². The molecule has 0 bridgehead atoms. The average Bonchev–Trinajstić information content (AvgIpc) is 2.96. The molecule has 2 aromatic rings. The van der Waals surface area contributed by atoms with Gasteiger partial charge in [-0.3, -0.25) is 4.79 Å². The maximum absolute atomic E-state index is 12.2. The molecule has 5 heteroatoms. The fourth-order valence-corrected chi connectivity index (χ4v) is 2.65. The van der Waals surface area contributed by atoms with Gasteiger partial charge in [0, 0.05) is 5.56 Å². The molecular weight excluding hydrogens is 274 g/mol. The van der Waals surface area contributed by atoms with Gasteiger partial charge in [-0.15, -0.1) is 11.3 Å². The van der Waals surface area contributed by atoms with Gasteiger partial charge in [-0.2, -0.15) is 0 Å². The maximum atomic E-state index is 12.2. The van der Waals surface area contributed by atoms with Gasteiger partial charge in [0.25, 0.3) is 5.91 Å². The van der Waals surface area contributed by atoms with E-state index in [1.54, 1.807) is 6.92 Å². The van der Waals surface area contributed by atoms with Gasteiger partial charge in [-0.1, -0.05) is 30.3 Å². The standard InChI is InChI=1S/C15H15NO3S/c1-10(15(18)19-2)16-14(17)13-12(8-9-20-13)11-6-4-3-5-7-11/h3-10H,1-2H3,(H,16,17). The number of ether oxygens (including phenoxy) is 1. The van der Waals surface area contributed by atoms with Crippen molar-refractivity contribution in [2.75, 3.05) is 7.11 Å². The summed E-state index contributed by atoms with van der Waals surface area (Å²) in [4.78, 5) is 24.2. The summed E-state index contributed by atoms with van der Waals surface area (Å²) >= 11 is 1.35. The van der Waals surface area contributed by atoms with E-state index in [9.17, 15) is 9.59 Å². The number of nitrogens with one attached hydrogen (secondary N) is 1. The van der Waals surface area contributed by atoms with Gasteiger partial charge in [0.15, 0.2) is 0 Å². The van der Waals surface area contributed by atoms with Gasteiger partial charge >= 0.3 is 5.97 Å². The molecule has 1 atom stereocenters. The van der Waals surface area contributed by atoms with Gasteiger partial charge in [0.2, 0.25) is 0 Å². The summed E-state index contributed by atoms with van der Waals surface area (Å²) < 4.78 is 4.59. The highest BCUT2D eigenvalue weighted by atomic mass is 32.1. The zero-order chi connectivity index (χ0) is 14.5. The molecule has 0 saturated carbocycles. The van der Waals surface area contributed by atoms with Crippen molar-refractivity contribution in [1.29, 1.82) is 0 Å². The molecule has 20 heavy (non-hydrogen) atoms. The summed E-state index contributed by atoms with van der Waals surface area (Å²) in [6.45, 7) is 1.60. The van der Waals surface area contributed by atoms with Crippen molar-refractivity contribution in [2.45, 2.75) is 13.0 Å². The number of carbonyl (C=O) groups is 2. The van der Waals surface area contributed by atoms with Crippen LogP contribution in [-0.4, -0.2) is 25.0 Å². The molecular formula is C15H15NO3S. The van der Waals surface area contributed by atoms with Gasteiger partial charge in [0.1, 0.15) is 6.04 Å². The number of benzene rings is 1. The highest BCUT2D eigenvalue weighted by Gasteiger charge is 2.20. The van der Waals surface area contributed by atoms with E-state index in [1.807, 2.05) is 41.8 Å². The van der Waals surface area contributed by atoms with Crippen molar-refractivity contribution in [3.05, 3.63) is 46.7 Å². The summed E-state index contributed by atoms with van der Waals surface area (Å²) in [6, 6.07) is 10.9. The lowest BCUT2D eigenvalue weighted by Gasteiger charge is -2.11. The van der Waals surface area contributed by atoms with E-state index in [0.29, 0.717) is 4.88 Å². The van der Waals surface area contributed by atoms with Crippen LogP contribution in [-0.2, 0) is 9.53 Å². The minimum Gasteiger partial charge on any atom is -0.467 e. The SMILES string of the molecule is COC(=O)C(C)NC(=O)c1sccc1-c1ccccc1. The zero-order valence-electron chi connectivity index (χ0n) is 11.3. The van der Waals surface area contributed by atoms with Crippen LogP contribution in [0.3, 0.4) is 0 Å². The lowest BCUT2D eigenvalue weighted by Crippen LogP contribution is -2.38. The summed E-state index contributed by atoms with van der Waals surface area (Å²) in [5, 5.41) is 4.50. The molecule has 0 spiro atoms. The lowest BCUT2D eigenvalue weighted by atomic mass is 10.1. The van der Waals surface area contributed by atoms with Crippen molar-refractivity contribution >= 4 is 23.2 Å². The van der Waals surface area contributed by atoms with E-state index >= 15 is 0 Å². The Labute approximate surface area is 121 Å². The smallest absolute Gasteiger partial charge is 0.328 e. The van der Waals surface area contributed by atoms with Crippen LogP contribution >= 0.6 is 11.3 Å². The monoisotopic (exact) mass is 289 g/mol. The summed E-state index contributed by atoms with van der Waals surface area (Å²) in [7, 11) is 1.30. The van der Waals surface area contributed by atoms with Crippen LogP contribution in [0.1, 0.15) is 16.6 Å². The molecule has 104 valence electrons. The van der Waals surface area contributed by atoms with Crippen LogP contribution in [0.4, 0.5) is 0 Å². The maximum Gasteiger partial charge on any atom is 0.328 e. The van der Waals surface area contributed by atoms with Crippen LogP contribution in [0.15, 0.2) is 41.8 Å². The second-order valence-corrected chi connectivity index (χ2v) is 5.16. The van der Waals surface area contributed by atoms with E-state index in [-0.39, 0.29) is 5.91 Å². The van der Waals surface area contributed by atoms with Crippen molar-refractivity contribution < 1.29 is 14.3 Å². The molecule has 0 fully saturated rings. The number of esters is 1. The quantitative estimate of drug-likeness (QED) is 0.880. The third kappa shape index (κ3) is 3.05. The number of carbonyl (C=O) groups excluding carboxylic acids is 2. The average molecular weight is 289 g/mol. The molecule has 0 saturated heterocycles. The predicted molar refractivity (Wildman–Crippen MR) is 78.7 cm³/mol. The highest BCUT2D eigenvalue weighted by Crippen LogP contribution is 2.28. The first-order valence-corrected chi connectivity index (χ1v) is 7.03. The Bertz CT molecular complexity index is 607. The first-order valence-electron chi connectivity index (χ1n) is 6.15. The van der Waals surface area contributed by atoms with Gasteiger partial charge in [-0.05, 0) is 23.9 Å². The highest BCUT2D eigenvalue weighted by molar-refractivity contribution is 7.12. The Morgan fingerprint density at radius 1 is 1.20 bits per heavy atom.